The van der Waals surface area contributed by atoms with Gasteiger partial charge in [-0.15, -0.1) is 0 Å². The van der Waals surface area contributed by atoms with Crippen molar-refractivity contribution in [2.75, 3.05) is 13.7 Å². The van der Waals surface area contributed by atoms with Gasteiger partial charge < -0.3 is 19.0 Å². The van der Waals surface area contributed by atoms with Gasteiger partial charge in [-0.05, 0) is 37.5 Å². The molecule has 3 rings (SSSR count). The van der Waals surface area contributed by atoms with E-state index < -0.39 is 0 Å². The van der Waals surface area contributed by atoms with Gasteiger partial charge in [0, 0.05) is 48.6 Å². The first-order valence-corrected chi connectivity index (χ1v) is 8.56. The molecule has 0 atom stereocenters. The van der Waals surface area contributed by atoms with Gasteiger partial charge in [-0.25, -0.2) is 4.98 Å². The van der Waals surface area contributed by atoms with E-state index in [1.807, 2.05) is 36.7 Å². The number of imidazole rings is 1. The lowest BCUT2D eigenvalue weighted by atomic mass is 10.0. The highest BCUT2D eigenvalue weighted by atomic mass is 16.5. The van der Waals surface area contributed by atoms with Gasteiger partial charge in [-0.2, -0.15) is 0 Å². The van der Waals surface area contributed by atoms with Crippen molar-refractivity contribution in [1.29, 1.82) is 0 Å². The minimum atomic E-state index is -0.112. The van der Waals surface area contributed by atoms with Gasteiger partial charge in [0.1, 0.15) is 11.3 Å². The number of nitrogens with zero attached hydrogens (tertiary/aromatic N) is 2. The number of benzene rings is 1. The van der Waals surface area contributed by atoms with E-state index in [9.17, 15) is 4.79 Å². The number of fused-ring (bicyclic) bond motifs is 1. The van der Waals surface area contributed by atoms with Gasteiger partial charge in [0.05, 0.1) is 19.7 Å². The summed E-state index contributed by atoms with van der Waals surface area (Å²) in [6.45, 7) is 5.34. The average Bonchev–Trinajstić information content (AvgIpc) is 3.27. The number of amides is 1. The lowest BCUT2D eigenvalue weighted by molar-refractivity contribution is -0.116. The molecule has 1 aromatic carbocycles. The van der Waals surface area contributed by atoms with Gasteiger partial charge in [0.15, 0.2) is 0 Å². The Morgan fingerprint density at radius 3 is 3.00 bits per heavy atom. The minimum absolute atomic E-state index is 0.112. The zero-order chi connectivity index (χ0) is 18.5. The first kappa shape index (κ1) is 17.8. The average molecular weight is 353 g/mol. The van der Waals surface area contributed by atoms with Crippen LogP contribution in [-0.2, 0) is 11.3 Å². The van der Waals surface area contributed by atoms with E-state index in [0.29, 0.717) is 12.3 Å². The van der Waals surface area contributed by atoms with Crippen LogP contribution in [0.5, 0.6) is 5.75 Å². The predicted molar refractivity (Wildman–Crippen MR) is 101 cm³/mol. The van der Waals surface area contributed by atoms with Crippen LogP contribution in [0, 0.1) is 6.92 Å². The number of hydrogen-bond donors (Lipinski definition) is 1. The van der Waals surface area contributed by atoms with Crippen molar-refractivity contribution in [2.45, 2.75) is 26.8 Å². The number of carbonyl (C=O) groups excluding carboxylic acids is 1. The number of furan rings is 1. The minimum Gasteiger partial charge on any atom is -0.496 e. The second kappa shape index (κ2) is 7.91. The molecule has 6 nitrogen and oxygen atoms in total. The quantitative estimate of drug-likeness (QED) is 0.521. The van der Waals surface area contributed by atoms with Crippen LogP contribution in [0.2, 0.25) is 0 Å². The molecule has 0 aliphatic rings. The normalized spacial score (nSPS) is 11.7. The number of allylic oxidation sites excluding steroid dienone is 1. The monoisotopic (exact) mass is 353 g/mol. The molecule has 0 unspecified atom stereocenters. The summed E-state index contributed by atoms with van der Waals surface area (Å²) in [7, 11) is 1.62. The SMILES string of the molecule is COc1cc2occ(C)c2cc1/C(C)=C/C(=O)NCCCn1ccnc1. The summed E-state index contributed by atoms with van der Waals surface area (Å²) < 4.78 is 13.0. The smallest absolute Gasteiger partial charge is 0.244 e. The van der Waals surface area contributed by atoms with Gasteiger partial charge in [-0.3, -0.25) is 4.79 Å². The predicted octanol–water partition coefficient (Wildman–Crippen LogP) is 3.56. The fraction of sp³-hybridized carbons (Fsp3) is 0.300. The zero-order valence-electron chi connectivity index (χ0n) is 15.3. The lowest BCUT2D eigenvalue weighted by Crippen LogP contribution is -2.23. The summed E-state index contributed by atoms with van der Waals surface area (Å²) >= 11 is 0. The Labute approximate surface area is 152 Å². The maximum absolute atomic E-state index is 12.2. The van der Waals surface area contributed by atoms with Crippen molar-refractivity contribution in [3.05, 3.63) is 54.3 Å². The van der Waals surface area contributed by atoms with Gasteiger partial charge in [0.25, 0.3) is 0 Å². The van der Waals surface area contributed by atoms with Crippen molar-refractivity contribution in [3.8, 4) is 5.75 Å². The van der Waals surface area contributed by atoms with E-state index in [0.717, 1.165) is 40.6 Å². The first-order valence-electron chi connectivity index (χ1n) is 8.56. The van der Waals surface area contributed by atoms with Crippen molar-refractivity contribution in [2.24, 2.45) is 0 Å². The van der Waals surface area contributed by atoms with Gasteiger partial charge >= 0.3 is 0 Å². The summed E-state index contributed by atoms with van der Waals surface area (Å²) in [5.74, 6) is 0.577. The van der Waals surface area contributed by atoms with Crippen LogP contribution in [0.25, 0.3) is 16.5 Å². The molecule has 26 heavy (non-hydrogen) atoms. The zero-order valence-corrected chi connectivity index (χ0v) is 15.3. The summed E-state index contributed by atoms with van der Waals surface area (Å²) in [5.41, 5.74) is 3.56. The van der Waals surface area contributed by atoms with Crippen molar-refractivity contribution in [3.63, 3.8) is 0 Å². The van der Waals surface area contributed by atoms with Crippen LogP contribution in [0.3, 0.4) is 0 Å². The van der Waals surface area contributed by atoms with Crippen molar-refractivity contribution in [1.82, 2.24) is 14.9 Å². The molecule has 0 fully saturated rings. The van der Waals surface area contributed by atoms with Crippen molar-refractivity contribution >= 4 is 22.4 Å². The molecule has 2 heterocycles. The number of carbonyl (C=O) groups is 1. The molecule has 136 valence electrons. The number of nitrogens with one attached hydrogen (secondary N) is 1. The van der Waals surface area contributed by atoms with E-state index in [1.54, 1.807) is 32.0 Å². The highest BCUT2D eigenvalue weighted by Crippen LogP contribution is 2.33. The molecule has 6 heteroatoms. The number of aromatic nitrogens is 2. The molecule has 0 spiro atoms. The van der Waals surface area contributed by atoms with Crippen LogP contribution in [0.1, 0.15) is 24.5 Å². The second-order valence-corrected chi connectivity index (χ2v) is 6.24. The first-order chi connectivity index (χ1) is 12.6. The topological polar surface area (TPSA) is 69.3 Å². The fourth-order valence-electron chi connectivity index (χ4n) is 2.88. The van der Waals surface area contributed by atoms with E-state index in [1.165, 1.54) is 0 Å². The summed E-state index contributed by atoms with van der Waals surface area (Å²) in [5, 5.41) is 3.94. The third kappa shape index (κ3) is 3.96. The maximum atomic E-state index is 12.2. The van der Waals surface area contributed by atoms with Crippen molar-refractivity contribution < 1.29 is 13.9 Å². The van der Waals surface area contributed by atoms with Crippen LogP contribution in [0.15, 0.2) is 47.6 Å². The molecular formula is C20H23N3O3. The highest BCUT2D eigenvalue weighted by Gasteiger charge is 2.12. The molecule has 1 amide bonds. The Balaban J connectivity index is 1.67. The lowest BCUT2D eigenvalue weighted by Gasteiger charge is -2.10. The highest BCUT2D eigenvalue weighted by molar-refractivity contribution is 5.97. The Morgan fingerprint density at radius 2 is 2.27 bits per heavy atom. The van der Waals surface area contributed by atoms with Gasteiger partial charge in [0.2, 0.25) is 5.91 Å². The number of hydrogen-bond acceptors (Lipinski definition) is 4. The molecule has 0 aliphatic carbocycles. The number of ether oxygens (including phenoxy) is 1. The Hall–Kier alpha value is -3.02. The molecular weight excluding hydrogens is 330 g/mol. The molecule has 0 aliphatic heterocycles. The second-order valence-electron chi connectivity index (χ2n) is 6.24. The summed E-state index contributed by atoms with van der Waals surface area (Å²) in [6, 6.07) is 3.86. The summed E-state index contributed by atoms with van der Waals surface area (Å²) in [4.78, 5) is 16.2. The molecule has 0 bridgehead atoms. The van der Waals surface area contributed by atoms with Crippen LogP contribution in [-0.4, -0.2) is 29.1 Å². The molecule has 0 saturated carbocycles. The summed E-state index contributed by atoms with van der Waals surface area (Å²) in [6.07, 6.45) is 9.60. The molecule has 3 aromatic rings. The Kier molecular flexibility index (Phi) is 5.41. The van der Waals surface area contributed by atoms with E-state index in [-0.39, 0.29) is 5.91 Å². The fourth-order valence-corrected chi connectivity index (χ4v) is 2.88. The largest absolute Gasteiger partial charge is 0.496 e. The number of methoxy groups -OCH3 is 1. The number of aryl methyl sites for hydroxylation is 2. The maximum Gasteiger partial charge on any atom is 0.244 e. The van der Waals surface area contributed by atoms with E-state index >= 15 is 0 Å². The van der Waals surface area contributed by atoms with Crippen LogP contribution in [0.4, 0.5) is 0 Å². The third-order valence-electron chi connectivity index (χ3n) is 4.31. The van der Waals surface area contributed by atoms with Crippen LogP contribution >= 0.6 is 0 Å². The Bertz CT molecular complexity index is 923. The Morgan fingerprint density at radius 1 is 1.42 bits per heavy atom. The van der Waals surface area contributed by atoms with E-state index in [4.69, 9.17) is 9.15 Å². The van der Waals surface area contributed by atoms with Crippen LogP contribution < -0.4 is 10.1 Å². The molecule has 0 radical (unpaired) electrons. The number of rotatable bonds is 7. The van der Waals surface area contributed by atoms with Gasteiger partial charge in [-0.1, -0.05) is 0 Å². The third-order valence-corrected chi connectivity index (χ3v) is 4.31. The molecule has 0 saturated heterocycles. The molecule has 1 N–H and O–H groups in total. The molecule has 2 aromatic heterocycles. The van der Waals surface area contributed by atoms with E-state index in [2.05, 4.69) is 10.3 Å². The standard InChI is InChI=1S/C20H23N3O3/c1-14(9-20(24)22-5-4-7-23-8-6-21-13-23)16-10-17-15(2)12-26-19(17)11-18(16)25-3/h6,8-13H,4-5,7H2,1-3H3,(H,22,24)/b14-9+.